The molecule has 18 heavy (non-hydrogen) atoms. The van der Waals surface area contributed by atoms with Crippen LogP contribution in [0, 0.1) is 6.92 Å². The van der Waals surface area contributed by atoms with Gasteiger partial charge in [0.2, 0.25) is 5.88 Å². The first-order valence-electron chi connectivity index (χ1n) is 5.72. The number of hydrogen-bond donors (Lipinski definition) is 1. The number of nitrogens with zero attached hydrogens (tertiary/aromatic N) is 1. The second-order valence-electron chi connectivity index (χ2n) is 4.20. The summed E-state index contributed by atoms with van der Waals surface area (Å²) in [4.78, 5) is 4.23. The second-order valence-corrected chi connectivity index (χ2v) is 5.05. The molecular formula is C14H15BrN2O. The predicted molar refractivity (Wildman–Crippen MR) is 75.8 cm³/mol. The molecule has 0 saturated carbocycles. The highest BCUT2D eigenvalue weighted by molar-refractivity contribution is 9.10. The highest BCUT2D eigenvalue weighted by Crippen LogP contribution is 2.28. The average molecular weight is 307 g/mol. The van der Waals surface area contributed by atoms with Crippen molar-refractivity contribution in [3.05, 3.63) is 52.1 Å². The summed E-state index contributed by atoms with van der Waals surface area (Å²) in [5.41, 5.74) is 7.91. The van der Waals surface area contributed by atoms with Gasteiger partial charge in [0.1, 0.15) is 5.75 Å². The molecule has 0 saturated heterocycles. The van der Waals surface area contributed by atoms with E-state index in [1.165, 1.54) is 0 Å². The van der Waals surface area contributed by atoms with E-state index in [4.69, 9.17) is 10.5 Å². The summed E-state index contributed by atoms with van der Waals surface area (Å²) in [5.74, 6) is 1.32. The van der Waals surface area contributed by atoms with Crippen molar-refractivity contribution in [1.29, 1.82) is 0 Å². The number of aromatic nitrogens is 1. The summed E-state index contributed by atoms with van der Waals surface area (Å²) in [7, 11) is 0. The molecule has 0 bridgehead atoms. The summed E-state index contributed by atoms with van der Waals surface area (Å²) in [6.07, 6.45) is 1.70. The lowest BCUT2D eigenvalue weighted by Crippen LogP contribution is -2.07. The van der Waals surface area contributed by atoms with Gasteiger partial charge in [-0.2, -0.15) is 0 Å². The van der Waals surface area contributed by atoms with Crippen LogP contribution in [0.4, 0.5) is 0 Å². The largest absolute Gasteiger partial charge is 0.439 e. The fourth-order valence-electron chi connectivity index (χ4n) is 1.63. The van der Waals surface area contributed by atoms with E-state index in [-0.39, 0.29) is 6.04 Å². The Hall–Kier alpha value is -1.39. The lowest BCUT2D eigenvalue weighted by molar-refractivity contribution is 0.451. The minimum atomic E-state index is -0.106. The molecule has 1 heterocycles. The van der Waals surface area contributed by atoms with Crippen LogP contribution in [-0.4, -0.2) is 4.98 Å². The van der Waals surface area contributed by atoms with Crippen LogP contribution in [0.1, 0.15) is 24.1 Å². The molecule has 3 nitrogen and oxygen atoms in total. The molecule has 2 rings (SSSR count). The average Bonchev–Trinajstić information content (AvgIpc) is 2.34. The maximum absolute atomic E-state index is 5.89. The molecule has 0 amide bonds. The summed E-state index contributed by atoms with van der Waals surface area (Å²) >= 11 is 3.46. The van der Waals surface area contributed by atoms with Crippen LogP contribution in [-0.2, 0) is 0 Å². The minimum Gasteiger partial charge on any atom is -0.439 e. The van der Waals surface area contributed by atoms with Crippen LogP contribution in [0.3, 0.4) is 0 Å². The predicted octanol–water partition coefficient (Wildman–Crippen LogP) is 3.96. The van der Waals surface area contributed by atoms with E-state index in [0.29, 0.717) is 5.88 Å². The molecular weight excluding hydrogens is 292 g/mol. The Morgan fingerprint density at radius 3 is 2.78 bits per heavy atom. The lowest BCUT2D eigenvalue weighted by Gasteiger charge is -2.12. The summed E-state index contributed by atoms with van der Waals surface area (Å²) in [6.45, 7) is 3.93. The van der Waals surface area contributed by atoms with Gasteiger partial charge >= 0.3 is 0 Å². The van der Waals surface area contributed by atoms with Crippen molar-refractivity contribution in [2.45, 2.75) is 19.9 Å². The maximum atomic E-state index is 5.89. The van der Waals surface area contributed by atoms with Crippen molar-refractivity contribution in [3.63, 3.8) is 0 Å². The highest BCUT2D eigenvalue weighted by atomic mass is 79.9. The van der Waals surface area contributed by atoms with Crippen LogP contribution in [0.25, 0.3) is 0 Å². The van der Waals surface area contributed by atoms with E-state index >= 15 is 0 Å². The third-order valence-electron chi connectivity index (χ3n) is 2.64. The zero-order chi connectivity index (χ0) is 13.1. The van der Waals surface area contributed by atoms with Gasteiger partial charge in [-0.25, -0.2) is 4.98 Å². The number of benzene rings is 1. The maximum Gasteiger partial charge on any atom is 0.223 e. The SMILES string of the molecule is Cc1cc(Oc2ncccc2[C@H](C)N)ccc1Br. The summed E-state index contributed by atoms with van der Waals surface area (Å²) in [6, 6.07) is 9.50. The van der Waals surface area contributed by atoms with Crippen molar-refractivity contribution in [3.8, 4) is 11.6 Å². The molecule has 2 N–H and O–H groups in total. The van der Waals surface area contributed by atoms with E-state index < -0.39 is 0 Å². The number of ether oxygens (including phenoxy) is 1. The third-order valence-corrected chi connectivity index (χ3v) is 3.52. The van der Waals surface area contributed by atoms with Gasteiger partial charge in [-0.15, -0.1) is 0 Å². The van der Waals surface area contributed by atoms with E-state index in [9.17, 15) is 0 Å². The van der Waals surface area contributed by atoms with Crippen LogP contribution in [0.5, 0.6) is 11.6 Å². The monoisotopic (exact) mass is 306 g/mol. The summed E-state index contributed by atoms with van der Waals surface area (Å²) in [5, 5.41) is 0. The number of rotatable bonds is 3. The Bertz CT molecular complexity index is 555. The number of aryl methyl sites for hydroxylation is 1. The molecule has 0 spiro atoms. The van der Waals surface area contributed by atoms with E-state index in [2.05, 4.69) is 20.9 Å². The Balaban J connectivity index is 2.31. The van der Waals surface area contributed by atoms with E-state index in [1.807, 2.05) is 44.2 Å². The normalized spacial score (nSPS) is 12.2. The molecule has 94 valence electrons. The Kier molecular flexibility index (Phi) is 3.99. The first-order chi connectivity index (χ1) is 8.58. The number of nitrogens with two attached hydrogens (primary N) is 1. The topological polar surface area (TPSA) is 48.1 Å². The van der Waals surface area contributed by atoms with Gasteiger partial charge < -0.3 is 10.5 Å². The molecule has 1 aromatic carbocycles. The van der Waals surface area contributed by atoms with Crippen LogP contribution < -0.4 is 10.5 Å². The van der Waals surface area contributed by atoms with Gasteiger partial charge in [0.05, 0.1) is 0 Å². The van der Waals surface area contributed by atoms with E-state index in [0.717, 1.165) is 21.3 Å². The number of hydrogen-bond acceptors (Lipinski definition) is 3. The quantitative estimate of drug-likeness (QED) is 0.933. The van der Waals surface area contributed by atoms with Crippen LogP contribution >= 0.6 is 15.9 Å². The molecule has 0 aliphatic carbocycles. The minimum absolute atomic E-state index is 0.106. The smallest absolute Gasteiger partial charge is 0.223 e. The number of halogens is 1. The molecule has 1 atom stereocenters. The number of pyridine rings is 1. The molecule has 0 radical (unpaired) electrons. The van der Waals surface area contributed by atoms with Crippen molar-refractivity contribution < 1.29 is 4.74 Å². The fourth-order valence-corrected chi connectivity index (χ4v) is 1.87. The fraction of sp³-hybridized carbons (Fsp3) is 0.214. The first-order valence-corrected chi connectivity index (χ1v) is 6.51. The van der Waals surface area contributed by atoms with Gasteiger partial charge in [-0.05, 0) is 43.7 Å². The molecule has 2 aromatic rings. The standard InChI is InChI=1S/C14H15BrN2O/c1-9-8-11(5-6-13(9)15)18-14-12(10(2)16)4-3-7-17-14/h3-8,10H,16H2,1-2H3/t10-/m0/s1. The molecule has 0 fully saturated rings. The second kappa shape index (κ2) is 5.50. The molecule has 0 aliphatic rings. The van der Waals surface area contributed by atoms with E-state index in [1.54, 1.807) is 6.20 Å². The molecule has 0 unspecified atom stereocenters. The van der Waals surface area contributed by atoms with Gasteiger partial charge in [0.15, 0.2) is 0 Å². The molecule has 4 heteroatoms. The van der Waals surface area contributed by atoms with Crippen molar-refractivity contribution in [2.75, 3.05) is 0 Å². The van der Waals surface area contributed by atoms with Gasteiger partial charge in [0, 0.05) is 22.3 Å². The molecule has 1 aromatic heterocycles. The molecule has 0 aliphatic heterocycles. The zero-order valence-electron chi connectivity index (χ0n) is 10.4. The third kappa shape index (κ3) is 2.89. The lowest BCUT2D eigenvalue weighted by atomic mass is 10.1. The van der Waals surface area contributed by atoms with Crippen molar-refractivity contribution in [2.24, 2.45) is 5.73 Å². The first kappa shape index (κ1) is 13.1. The Morgan fingerprint density at radius 1 is 1.33 bits per heavy atom. The van der Waals surface area contributed by atoms with Crippen LogP contribution in [0.2, 0.25) is 0 Å². The van der Waals surface area contributed by atoms with Gasteiger partial charge in [-0.3, -0.25) is 0 Å². The van der Waals surface area contributed by atoms with Gasteiger partial charge in [0.25, 0.3) is 0 Å². The summed E-state index contributed by atoms with van der Waals surface area (Å²) < 4.78 is 6.85. The zero-order valence-corrected chi connectivity index (χ0v) is 11.9. The van der Waals surface area contributed by atoms with Crippen molar-refractivity contribution >= 4 is 15.9 Å². The van der Waals surface area contributed by atoms with Gasteiger partial charge in [-0.1, -0.05) is 22.0 Å². The highest BCUT2D eigenvalue weighted by Gasteiger charge is 2.10. The Labute approximate surface area is 115 Å². The van der Waals surface area contributed by atoms with Crippen molar-refractivity contribution in [1.82, 2.24) is 4.98 Å². The van der Waals surface area contributed by atoms with Crippen LogP contribution in [0.15, 0.2) is 41.0 Å². The Morgan fingerprint density at radius 2 is 2.11 bits per heavy atom.